The third-order valence-electron chi connectivity index (χ3n) is 5.80. The molecule has 0 bridgehead atoms. The number of rotatable bonds is 10. The number of primary amides is 1. The highest BCUT2D eigenvalue weighted by molar-refractivity contribution is 5.88. The average molecular weight is 494 g/mol. The van der Waals surface area contributed by atoms with Crippen LogP contribution in [0.4, 0.5) is 4.79 Å². The molecule has 0 spiro atoms. The number of carboxylic acid groups (broad SMARTS) is 1. The maximum Gasteiger partial charge on any atom is 0.334 e. The highest BCUT2D eigenvalue weighted by atomic mass is 16.4. The van der Waals surface area contributed by atoms with Crippen molar-refractivity contribution in [1.29, 1.82) is 0 Å². The van der Waals surface area contributed by atoms with Gasteiger partial charge in [0, 0.05) is 6.54 Å². The van der Waals surface area contributed by atoms with Gasteiger partial charge in [-0.25, -0.2) is 9.59 Å². The van der Waals surface area contributed by atoms with Gasteiger partial charge in [0.25, 0.3) is 0 Å². The number of carbonyl (C=O) groups excluding carboxylic acids is 2. The van der Waals surface area contributed by atoms with Crippen LogP contribution in [0.3, 0.4) is 0 Å². The quantitative estimate of drug-likeness (QED) is 0.274. The van der Waals surface area contributed by atoms with E-state index in [0.717, 1.165) is 26.8 Å². The second-order valence-corrected chi connectivity index (χ2v) is 9.11. The molecule has 0 saturated carbocycles. The molecule has 0 heterocycles. The first kappa shape index (κ1) is 26.7. The van der Waals surface area contributed by atoms with Gasteiger partial charge in [-0.3, -0.25) is 4.79 Å². The van der Waals surface area contributed by atoms with E-state index in [1.165, 1.54) is 0 Å². The summed E-state index contributed by atoms with van der Waals surface area (Å²) in [5.74, 6) is -3.60. The fourth-order valence-corrected chi connectivity index (χ4v) is 4.02. The molecule has 0 radical (unpaired) electrons. The average Bonchev–Trinajstić information content (AvgIpc) is 2.83. The standard InChI is InChI=1S/C27H31N3O6/c1-16(2)14-30(15-22(31)26(34)35)27(36)29-25(33)23(24(28)32)19-10-7-18(8-11-19)21-12-9-17-5-3-4-6-20(17)13-21/h3-13,16,22-23,25,31,33H,14-15H2,1-2H3,(H2,28,32)(H,29,36)(H,34,35)/t22?,23-,25?/m1/s1. The molecule has 9 heteroatoms. The number of hydrogen-bond acceptors (Lipinski definition) is 5. The number of benzene rings is 3. The number of aliphatic hydroxyl groups is 2. The van der Waals surface area contributed by atoms with Gasteiger partial charge in [-0.2, -0.15) is 0 Å². The smallest absolute Gasteiger partial charge is 0.334 e. The molecule has 0 aliphatic carbocycles. The van der Waals surface area contributed by atoms with E-state index in [2.05, 4.69) is 11.4 Å². The van der Waals surface area contributed by atoms with Crippen molar-refractivity contribution >= 4 is 28.7 Å². The molecular weight excluding hydrogens is 462 g/mol. The number of aliphatic hydroxyl groups excluding tert-OH is 2. The lowest BCUT2D eigenvalue weighted by atomic mass is 9.93. The number of urea groups is 1. The van der Waals surface area contributed by atoms with Crippen LogP contribution in [0.15, 0.2) is 66.7 Å². The predicted octanol–water partition coefficient (Wildman–Crippen LogP) is 2.51. The summed E-state index contributed by atoms with van der Waals surface area (Å²) >= 11 is 0. The molecule has 3 aromatic rings. The van der Waals surface area contributed by atoms with E-state index < -0.39 is 42.7 Å². The second-order valence-electron chi connectivity index (χ2n) is 9.11. The summed E-state index contributed by atoms with van der Waals surface area (Å²) in [7, 11) is 0. The van der Waals surface area contributed by atoms with E-state index >= 15 is 0 Å². The Bertz CT molecular complexity index is 1230. The van der Waals surface area contributed by atoms with Crippen LogP contribution in [-0.4, -0.2) is 63.5 Å². The lowest BCUT2D eigenvalue weighted by Crippen LogP contribution is -2.52. The molecule has 3 aromatic carbocycles. The molecule has 3 amide bonds. The summed E-state index contributed by atoms with van der Waals surface area (Å²) in [6, 6.07) is 20.2. The van der Waals surface area contributed by atoms with Crippen LogP contribution in [0.5, 0.6) is 0 Å². The monoisotopic (exact) mass is 493 g/mol. The highest BCUT2D eigenvalue weighted by Gasteiger charge is 2.31. The number of nitrogens with zero attached hydrogens (tertiary/aromatic N) is 1. The summed E-state index contributed by atoms with van der Waals surface area (Å²) in [6.45, 7) is 3.28. The maximum absolute atomic E-state index is 12.8. The summed E-state index contributed by atoms with van der Waals surface area (Å²) < 4.78 is 0. The van der Waals surface area contributed by atoms with Crippen LogP contribution in [0, 0.1) is 5.92 Å². The molecule has 9 nitrogen and oxygen atoms in total. The minimum Gasteiger partial charge on any atom is -0.479 e. The molecule has 36 heavy (non-hydrogen) atoms. The van der Waals surface area contributed by atoms with Gasteiger partial charge in [0.05, 0.1) is 6.54 Å². The molecule has 3 rings (SSSR count). The molecule has 3 atom stereocenters. The van der Waals surface area contributed by atoms with Gasteiger partial charge in [-0.15, -0.1) is 0 Å². The number of nitrogens with one attached hydrogen (secondary N) is 1. The molecule has 0 fully saturated rings. The van der Waals surface area contributed by atoms with Crippen molar-refractivity contribution in [2.45, 2.75) is 32.1 Å². The Kier molecular flexibility index (Phi) is 8.63. The normalized spacial score (nSPS) is 13.7. The van der Waals surface area contributed by atoms with E-state index in [4.69, 9.17) is 10.8 Å². The number of nitrogens with two attached hydrogens (primary N) is 1. The Morgan fingerprint density at radius 2 is 1.50 bits per heavy atom. The van der Waals surface area contributed by atoms with Crippen LogP contribution in [0.2, 0.25) is 0 Å². The maximum atomic E-state index is 12.8. The summed E-state index contributed by atoms with van der Waals surface area (Å²) in [4.78, 5) is 37.1. The number of carbonyl (C=O) groups is 3. The molecule has 2 unspecified atom stereocenters. The zero-order valence-electron chi connectivity index (χ0n) is 20.2. The SMILES string of the molecule is CC(C)CN(CC(O)C(=O)O)C(=O)NC(O)[C@@H](C(N)=O)c1ccc(-c2ccc3ccccc3c2)cc1. The molecule has 190 valence electrons. The zero-order valence-corrected chi connectivity index (χ0v) is 20.2. The molecule has 6 N–H and O–H groups in total. The first-order chi connectivity index (χ1) is 17.1. The van der Waals surface area contributed by atoms with Gasteiger partial charge in [-0.05, 0) is 39.4 Å². The fraction of sp³-hybridized carbons (Fsp3) is 0.296. The molecule has 0 aromatic heterocycles. The highest BCUT2D eigenvalue weighted by Crippen LogP contribution is 2.27. The number of amides is 3. The molecule has 0 aliphatic rings. The lowest BCUT2D eigenvalue weighted by molar-refractivity contribution is -0.147. The third kappa shape index (κ3) is 6.59. The Morgan fingerprint density at radius 3 is 2.08 bits per heavy atom. The Morgan fingerprint density at radius 1 is 0.889 bits per heavy atom. The number of carboxylic acids is 1. The van der Waals surface area contributed by atoms with Crippen molar-refractivity contribution in [3.05, 3.63) is 72.3 Å². The molecular formula is C27H31N3O6. The van der Waals surface area contributed by atoms with E-state index in [9.17, 15) is 24.6 Å². The van der Waals surface area contributed by atoms with E-state index in [-0.39, 0.29) is 12.5 Å². The van der Waals surface area contributed by atoms with Crippen molar-refractivity contribution in [2.24, 2.45) is 11.7 Å². The van der Waals surface area contributed by atoms with Crippen LogP contribution in [0.1, 0.15) is 25.3 Å². The topological polar surface area (TPSA) is 153 Å². The minimum atomic E-state index is -1.79. The Balaban J connectivity index is 1.78. The number of aliphatic carboxylic acids is 1. The third-order valence-corrected chi connectivity index (χ3v) is 5.80. The van der Waals surface area contributed by atoms with Gasteiger partial charge >= 0.3 is 12.0 Å². The second kappa shape index (κ2) is 11.7. The van der Waals surface area contributed by atoms with Crippen molar-refractivity contribution < 1.29 is 29.7 Å². The van der Waals surface area contributed by atoms with Gasteiger partial charge < -0.3 is 31.3 Å². The van der Waals surface area contributed by atoms with Gasteiger partial charge in [-0.1, -0.05) is 74.5 Å². The van der Waals surface area contributed by atoms with Gasteiger partial charge in [0.15, 0.2) is 6.10 Å². The zero-order chi connectivity index (χ0) is 26.4. The molecule has 0 saturated heterocycles. The first-order valence-corrected chi connectivity index (χ1v) is 11.6. The van der Waals surface area contributed by atoms with Crippen molar-refractivity contribution in [3.63, 3.8) is 0 Å². The van der Waals surface area contributed by atoms with Crippen molar-refractivity contribution in [3.8, 4) is 11.1 Å². The number of fused-ring (bicyclic) bond motifs is 1. The van der Waals surface area contributed by atoms with Crippen LogP contribution >= 0.6 is 0 Å². The van der Waals surface area contributed by atoms with E-state index in [0.29, 0.717) is 5.56 Å². The first-order valence-electron chi connectivity index (χ1n) is 11.6. The fourth-order valence-electron chi connectivity index (χ4n) is 4.02. The number of hydrogen-bond donors (Lipinski definition) is 5. The predicted molar refractivity (Wildman–Crippen MR) is 136 cm³/mol. The van der Waals surface area contributed by atoms with E-state index in [1.807, 2.05) is 50.2 Å². The van der Waals surface area contributed by atoms with Crippen LogP contribution in [-0.2, 0) is 9.59 Å². The minimum absolute atomic E-state index is 0.0384. The summed E-state index contributed by atoms with van der Waals surface area (Å²) in [6.07, 6.45) is -3.46. The summed E-state index contributed by atoms with van der Waals surface area (Å²) in [5.41, 5.74) is 7.83. The Hall–Kier alpha value is -3.95. The van der Waals surface area contributed by atoms with E-state index in [1.54, 1.807) is 24.3 Å². The largest absolute Gasteiger partial charge is 0.479 e. The van der Waals surface area contributed by atoms with Gasteiger partial charge in [0.1, 0.15) is 12.1 Å². The van der Waals surface area contributed by atoms with Gasteiger partial charge in [0.2, 0.25) is 5.91 Å². The molecule has 0 aliphatic heterocycles. The lowest BCUT2D eigenvalue weighted by Gasteiger charge is -2.29. The Labute approximate surface area is 209 Å². The van der Waals surface area contributed by atoms with Crippen LogP contribution < -0.4 is 11.1 Å². The van der Waals surface area contributed by atoms with Crippen molar-refractivity contribution in [2.75, 3.05) is 13.1 Å². The summed E-state index contributed by atoms with van der Waals surface area (Å²) in [5, 5.41) is 33.9. The van der Waals surface area contributed by atoms with Crippen LogP contribution in [0.25, 0.3) is 21.9 Å². The van der Waals surface area contributed by atoms with Crippen molar-refractivity contribution in [1.82, 2.24) is 10.2 Å².